The lowest BCUT2D eigenvalue weighted by Gasteiger charge is -2.34. The second kappa shape index (κ2) is 9.62. The van der Waals surface area contributed by atoms with E-state index >= 15 is 0 Å². The fourth-order valence-corrected chi connectivity index (χ4v) is 4.76. The molecule has 2 aliphatic rings. The Kier molecular flexibility index (Phi) is 6.67. The summed E-state index contributed by atoms with van der Waals surface area (Å²) in [5.41, 5.74) is 1.99. The summed E-state index contributed by atoms with van der Waals surface area (Å²) in [6.07, 6.45) is 0.253. The Morgan fingerprint density at radius 2 is 1.84 bits per heavy atom. The fourth-order valence-electron chi connectivity index (χ4n) is 4.07. The minimum atomic E-state index is -0.311. The molecule has 3 heterocycles. The molecular formula is C23H28N4O3S. The first-order valence-electron chi connectivity index (χ1n) is 10.7. The summed E-state index contributed by atoms with van der Waals surface area (Å²) in [4.78, 5) is 44.0. The fraction of sp³-hybridized carbons (Fsp3) is 0.435. The third kappa shape index (κ3) is 5.14. The highest BCUT2D eigenvalue weighted by Crippen LogP contribution is 2.25. The van der Waals surface area contributed by atoms with Crippen LogP contribution in [-0.2, 0) is 9.59 Å². The van der Waals surface area contributed by atoms with Gasteiger partial charge in [-0.2, -0.15) is 0 Å². The summed E-state index contributed by atoms with van der Waals surface area (Å²) in [6, 6.07) is 11.6. The van der Waals surface area contributed by atoms with Crippen LogP contribution in [0.4, 0.5) is 5.69 Å². The number of piperazine rings is 1. The van der Waals surface area contributed by atoms with E-state index in [0.717, 1.165) is 35.8 Å². The molecule has 3 amide bonds. The number of nitrogens with one attached hydrogen (secondary N) is 1. The molecule has 1 aromatic heterocycles. The maximum atomic E-state index is 12.6. The van der Waals surface area contributed by atoms with Gasteiger partial charge in [-0.05, 0) is 30.5 Å². The van der Waals surface area contributed by atoms with Gasteiger partial charge in [0.05, 0.1) is 10.8 Å². The second-order valence-electron chi connectivity index (χ2n) is 8.14. The summed E-state index contributed by atoms with van der Waals surface area (Å²) >= 11 is 1.47. The van der Waals surface area contributed by atoms with Crippen LogP contribution in [0.25, 0.3) is 0 Å². The van der Waals surface area contributed by atoms with E-state index in [1.807, 2.05) is 53.6 Å². The van der Waals surface area contributed by atoms with E-state index in [0.29, 0.717) is 26.2 Å². The van der Waals surface area contributed by atoms with Crippen LogP contribution >= 0.6 is 11.3 Å². The zero-order valence-corrected chi connectivity index (χ0v) is 18.6. The molecule has 1 N–H and O–H groups in total. The average molecular weight is 441 g/mol. The molecule has 31 heavy (non-hydrogen) atoms. The van der Waals surface area contributed by atoms with Gasteiger partial charge in [0.25, 0.3) is 5.91 Å². The Labute approximate surface area is 186 Å². The monoisotopic (exact) mass is 440 g/mol. The van der Waals surface area contributed by atoms with Crippen molar-refractivity contribution in [2.24, 2.45) is 5.92 Å². The van der Waals surface area contributed by atoms with E-state index in [2.05, 4.69) is 10.2 Å². The van der Waals surface area contributed by atoms with Gasteiger partial charge in [0, 0.05) is 57.9 Å². The van der Waals surface area contributed by atoms with Gasteiger partial charge < -0.3 is 15.1 Å². The number of hydrogen-bond donors (Lipinski definition) is 1. The van der Waals surface area contributed by atoms with Crippen molar-refractivity contribution in [1.29, 1.82) is 0 Å². The molecule has 2 aliphatic heterocycles. The maximum Gasteiger partial charge on any atom is 0.264 e. The highest BCUT2D eigenvalue weighted by atomic mass is 32.1. The lowest BCUT2D eigenvalue weighted by Crippen LogP contribution is -2.50. The van der Waals surface area contributed by atoms with Crippen LogP contribution < -0.4 is 10.2 Å². The molecule has 0 bridgehead atoms. The number of nitrogens with zero attached hydrogens (tertiary/aromatic N) is 3. The third-order valence-electron chi connectivity index (χ3n) is 5.96. The van der Waals surface area contributed by atoms with Crippen molar-refractivity contribution in [1.82, 2.24) is 15.1 Å². The van der Waals surface area contributed by atoms with Gasteiger partial charge in [-0.25, -0.2) is 0 Å². The van der Waals surface area contributed by atoms with Crippen molar-refractivity contribution in [3.05, 3.63) is 52.2 Å². The van der Waals surface area contributed by atoms with Gasteiger partial charge >= 0.3 is 0 Å². The van der Waals surface area contributed by atoms with Crippen LogP contribution in [0.5, 0.6) is 0 Å². The molecular weight excluding hydrogens is 412 g/mol. The highest BCUT2D eigenvalue weighted by molar-refractivity contribution is 7.12. The molecule has 0 radical (unpaired) electrons. The topological polar surface area (TPSA) is 73.0 Å². The number of aryl methyl sites for hydroxylation is 1. The number of thiophene rings is 1. The van der Waals surface area contributed by atoms with Crippen LogP contribution in [-0.4, -0.2) is 73.3 Å². The molecule has 0 saturated carbocycles. The standard InChI is InChI=1S/C23H28N4O3S/c1-17-4-6-19(7-5-17)27-16-18(15-21(27)28)22(29)24-8-9-25-10-12-26(13-11-25)23(30)20-3-2-14-31-20/h2-7,14,18H,8-13,15-16H2,1H3,(H,24,29). The van der Waals surface area contributed by atoms with Gasteiger partial charge in [0.15, 0.2) is 0 Å². The van der Waals surface area contributed by atoms with E-state index in [1.165, 1.54) is 11.3 Å². The second-order valence-corrected chi connectivity index (χ2v) is 9.09. The number of rotatable bonds is 6. The normalized spacial score (nSPS) is 19.6. The smallest absolute Gasteiger partial charge is 0.264 e. The summed E-state index contributed by atoms with van der Waals surface area (Å²) in [7, 11) is 0. The Balaban J connectivity index is 1.18. The Morgan fingerprint density at radius 1 is 1.10 bits per heavy atom. The third-order valence-corrected chi connectivity index (χ3v) is 6.82. The van der Waals surface area contributed by atoms with E-state index in [4.69, 9.17) is 0 Å². The Hall–Kier alpha value is -2.71. The van der Waals surface area contributed by atoms with Gasteiger partial charge in [-0.1, -0.05) is 23.8 Å². The van der Waals surface area contributed by atoms with E-state index < -0.39 is 0 Å². The van der Waals surface area contributed by atoms with Crippen molar-refractivity contribution in [2.45, 2.75) is 13.3 Å². The first-order chi connectivity index (χ1) is 15.0. The molecule has 4 rings (SSSR count). The largest absolute Gasteiger partial charge is 0.355 e. The van der Waals surface area contributed by atoms with Crippen LogP contribution in [0.2, 0.25) is 0 Å². The number of carbonyl (C=O) groups excluding carboxylic acids is 3. The first kappa shape index (κ1) is 21.5. The summed E-state index contributed by atoms with van der Waals surface area (Å²) < 4.78 is 0. The minimum Gasteiger partial charge on any atom is -0.355 e. The predicted molar refractivity (Wildman–Crippen MR) is 121 cm³/mol. The molecule has 1 atom stereocenters. The van der Waals surface area contributed by atoms with Crippen LogP contribution in [0.15, 0.2) is 41.8 Å². The molecule has 7 nitrogen and oxygen atoms in total. The number of carbonyl (C=O) groups is 3. The van der Waals surface area contributed by atoms with Crippen LogP contribution in [0.3, 0.4) is 0 Å². The lowest BCUT2D eigenvalue weighted by molar-refractivity contribution is -0.126. The van der Waals surface area contributed by atoms with Crippen molar-refractivity contribution >= 4 is 34.7 Å². The quantitative estimate of drug-likeness (QED) is 0.746. The molecule has 2 aromatic rings. The number of hydrogen-bond acceptors (Lipinski definition) is 5. The first-order valence-corrected chi connectivity index (χ1v) is 11.6. The molecule has 8 heteroatoms. The SMILES string of the molecule is Cc1ccc(N2CC(C(=O)NCCN3CCN(C(=O)c4cccs4)CC3)CC2=O)cc1. The van der Waals surface area contributed by atoms with Crippen molar-refractivity contribution in [3.8, 4) is 0 Å². The lowest BCUT2D eigenvalue weighted by atomic mass is 10.1. The molecule has 0 aliphatic carbocycles. The number of anilines is 1. The van der Waals surface area contributed by atoms with Crippen LogP contribution in [0, 0.1) is 12.8 Å². The minimum absolute atomic E-state index is 0.00414. The summed E-state index contributed by atoms with van der Waals surface area (Å²) in [5, 5.41) is 4.91. The Bertz CT molecular complexity index is 921. The van der Waals surface area contributed by atoms with Crippen molar-refractivity contribution < 1.29 is 14.4 Å². The van der Waals surface area contributed by atoms with Gasteiger partial charge in [0.2, 0.25) is 11.8 Å². The van der Waals surface area contributed by atoms with E-state index in [9.17, 15) is 14.4 Å². The molecule has 2 fully saturated rings. The maximum absolute atomic E-state index is 12.6. The summed E-state index contributed by atoms with van der Waals surface area (Å²) in [6.45, 7) is 6.74. The average Bonchev–Trinajstić information content (AvgIpc) is 3.44. The highest BCUT2D eigenvalue weighted by Gasteiger charge is 2.35. The molecule has 1 unspecified atom stereocenters. The number of amides is 3. The summed E-state index contributed by atoms with van der Waals surface area (Å²) in [5.74, 6) is -0.272. The molecule has 164 valence electrons. The van der Waals surface area contributed by atoms with Crippen molar-refractivity contribution in [2.75, 3.05) is 50.7 Å². The molecule has 1 aromatic carbocycles. The predicted octanol–water partition coefficient (Wildman–Crippen LogP) is 1.98. The van der Waals surface area contributed by atoms with Gasteiger partial charge in [-0.3, -0.25) is 19.3 Å². The van der Waals surface area contributed by atoms with Gasteiger partial charge in [-0.15, -0.1) is 11.3 Å². The van der Waals surface area contributed by atoms with E-state index in [1.54, 1.807) is 4.90 Å². The number of benzene rings is 1. The zero-order valence-electron chi connectivity index (χ0n) is 17.8. The van der Waals surface area contributed by atoms with Crippen LogP contribution in [0.1, 0.15) is 21.7 Å². The van der Waals surface area contributed by atoms with Gasteiger partial charge in [0.1, 0.15) is 0 Å². The zero-order chi connectivity index (χ0) is 21.8. The molecule has 2 saturated heterocycles. The van der Waals surface area contributed by atoms with E-state index in [-0.39, 0.29) is 30.1 Å². The Morgan fingerprint density at radius 3 is 2.52 bits per heavy atom. The molecule has 0 spiro atoms. The van der Waals surface area contributed by atoms with Crippen molar-refractivity contribution in [3.63, 3.8) is 0 Å².